The van der Waals surface area contributed by atoms with Gasteiger partial charge in [0.25, 0.3) is 0 Å². The van der Waals surface area contributed by atoms with E-state index < -0.39 is 5.97 Å². The molecule has 0 saturated heterocycles. The molecule has 0 bridgehead atoms. The third-order valence-electron chi connectivity index (χ3n) is 3.02. The van der Waals surface area contributed by atoms with E-state index in [4.69, 9.17) is 5.11 Å². The van der Waals surface area contributed by atoms with E-state index >= 15 is 0 Å². The van der Waals surface area contributed by atoms with Crippen molar-refractivity contribution in [2.75, 3.05) is 0 Å². The third kappa shape index (κ3) is 2.31. The fraction of sp³-hybridized carbons (Fsp3) is 0. The van der Waals surface area contributed by atoms with Gasteiger partial charge in [-0.25, -0.2) is 9.48 Å². The van der Waals surface area contributed by atoms with Gasteiger partial charge in [0, 0.05) is 11.8 Å². The second-order valence-electron chi connectivity index (χ2n) is 4.37. The van der Waals surface area contributed by atoms with Crippen LogP contribution >= 0.6 is 0 Å². The first kappa shape index (κ1) is 12.2. The summed E-state index contributed by atoms with van der Waals surface area (Å²) in [6, 6.07) is 18.4. The van der Waals surface area contributed by atoms with Crippen LogP contribution in [0.5, 0.6) is 0 Å². The maximum absolute atomic E-state index is 11.0. The van der Waals surface area contributed by atoms with Crippen LogP contribution in [0.3, 0.4) is 0 Å². The number of hydrogen-bond acceptors (Lipinski definition) is 2. The Balaban J connectivity index is 1.98. The van der Waals surface area contributed by atoms with Crippen molar-refractivity contribution in [1.29, 1.82) is 0 Å². The lowest BCUT2D eigenvalue weighted by Crippen LogP contribution is -1.97. The number of benzene rings is 2. The molecule has 0 fully saturated rings. The standard InChI is InChI=1S/C16H12N2O2/c19-16(20)13-6-4-5-12(11-13)15-9-10-18(17-15)14-7-2-1-3-8-14/h1-11H,(H,19,20). The monoisotopic (exact) mass is 264 g/mol. The first-order valence-corrected chi connectivity index (χ1v) is 6.19. The number of aromatic nitrogens is 2. The fourth-order valence-corrected chi connectivity index (χ4v) is 2.01. The molecule has 1 aromatic heterocycles. The van der Waals surface area contributed by atoms with Crippen molar-refractivity contribution >= 4 is 5.97 Å². The van der Waals surface area contributed by atoms with Crippen molar-refractivity contribution in [2.24, 2.45) is 0 Å². The summed E-state index contributed by atoms with van der Waals surface area (Å²) in [4.78, 5) is 11.0. The Morgan fingerprint density at radius 1 is 1.00 bits per heavy atom. The SMILES string of the molecule is O=C(O)c1cccc(-c2ccn(-c3ccccc3)n2)c1. The third-order valence-corrected chi connectivity index (χ3v) is 3.02. The Hall–Kier alpha value is -2.88. The number of rotatable bonds is 3. The predicted octanol–water partition coefficient (Wildman–Crippen LogP) is 3.24. The summed E-state index contributed by atoms with van der Waals surface area (Å²) in [5.74, 6) is -0.936. The molecule has 0 radical (unpaired) electrons. The first-order valence-electron chi connectivity index (χ1n) is 6.19. The van der Waals surface area contributed by atoms with Gasteiger partial charge in [0.15, 0.2) is 0 Å². The minimum absolute atomic E-state index is 0.261. The summed E-state index contributed by atoms with van der Waals surface area (Å²) in [5, 5.41) is 13.5. The van der Waals surface area contributed by atoms with Gasteiger partial charge in [0.05, 0.1) is 16.9 Å². The van der Waals surface area contributed by atoms with Crippen LogP contribution in [0.2, 0.25) is 0 Å². The number of para-hydroxylation sites is 1. The number of carbonyl (C=O) groups is 1. The average molecular weight is 264 g/mol. The van der Waals surface area contributed by atoms with Gasteiger partial charge in [0.2, 0.25) is 0 Å². The van der Waals surface area contributed by atoms with E-state index in [2.05, 4.69) is 5.10 Å². The molecule has 0 aliphatic heterocycles. The van der Waals surface area contributed by atoms with Crippen LogP contribution in [-0.4, -0.2) is 20.9 Å². The van der Waals surface area contributed by atoms with Crippen molar-refractivity contribution < 1.29 is 9.90 Å². The van der Waals surface area contributed by atoms with E-state index in [-0.39, 0.29) is 5.56 Å². The Morgan fingerprint density at radius 2 is 1.80 bits per heavy atom. The quantitative estimate of drug-likeness (QED) is 0.790. The number of aromatic carboxylic acids is 1. The van der Waals surface area contributed by atoms with Crippen LogP contribution < -0.4 is 0 Å². The van der Waals surface area contributed by atoms with E-state index in [1.54, 1.807) is 22.9 Å². The largest absolute Gasteiger partial charge is 0.478 e. The molecule has 1 N–H and O–H groups in total. The summed E-state index contributed by atoms with van der Waals surface area (Å²) in [6.07, 6.45) is 1.86. The molecular weight excluding hydrogens is 252 g/mol. The molecule has 0 saturated carbocycles. The Labute approximate surface area is 115 Å². The van der Waals surface area contributed by atoms with E-state index in [1.807, 2.05) is 48.7 Å². The molecule has 3 rings (SSSR count). The normalized spacial score (nSPS) is 10.4. The van der Waals surface area contributed by atoms with Gasteiger partial charge in [-0.15, -0.1) is 0 Å². The number of carboxylic acids is 1. The van der Waals surface area contributed by atoms with Crippen LogP contribution in [-0.2, 0) is 0 Å². The van der Waals surface area contributed by atoms with Gasteiger partial charge in [-0.05, 0) is 30.3 Å². The van der Waals surface area contributed by atoms with Crippen LogP contribution in [0.4, 0.5) is 0 Å². The predicted molar refractivity (Wildman–Crippen MR) is 76.0 cm³/mol. The maximum Gasteiger partial charge on any atom is 0.335 e. The van der Waals surface area contributed by atoms with E-state index in [0.717, 1.165) is 16.9 Å². The average Bonchev–Trinajstić information content (AvgIpc) is 2.98. The summed E-state index contributed by atoms with van der Waals surface area (Å²) in [5.41, 5.74) is 2.77. The highest BCUT2D eigenvalue weighted by atomic mass is 16.4. The molecule has 0 aliphatic rings. The molecule has 0 amide bonds. The van der Waals surface area contributed by atoms with Crippen molar-refractivity contribution in [1.82, 2.24) is 9.78 Å². The summed E-state index contributed by atoms with van der Waals surface area (Å²) in [6.45, 7) is 0. The summed E-state index contributed by atoms with van der Waals surface area (Å²) >= 11 is 0. The molecule has 1 heterocycles. The zero-order valence-electron chi connectivity index (χ0n) is 10.6. The van der Waals surface area contributed by atoms with Crippen molar-refractivity contribution in [3.05, 3.63) is 72.4 Å². The zero-order chi connectivity index (χ0) is 13.9. The molecule has 0 spiro atoms. The fourth-order valence-electron chi connectivity index (χ4n) is 2.01. The minimum atomic E-state index is -0.936. The van der Waals surface area contributed by atoms with Gasteiger partial charge >= 0.3 is 5.97 Å². The van der Waals surface area contributed by atoms with Crippen molar-refractivity contribution in [2.45, 2.75) is 0 Å². The molecule has 0 aliphatic carbocycles. The second-order valence-corrected chi connectivity index (χ2v) is 4.37. The molecule has 3 aromatic rings. The first-order chi connectivity index (χ1) is 9.74. The van der Waals surface area contributed by atoms with Crippen molar-refractivity contribution in [3.63, 3.8) is 0 Å². The summed E-state index contributed by atoms with van der Waals surface area (Å²) < 4.78 is 1.77. The van der Waals surface area contributed by atoms with Gasteiger partial charge in [0.1, 0.15) is 0 Å². The smallest absolute Gasteiger partial charge is 0.335 e. The lowest BCUT2D eigenvalue weighted by molar-refractivity contribution is 0.0697. The maximum atomic E-state index is 11.0. The van der Waals surface area contributed by atoms with Gasteiger partial charge in [-0.2, -0.15) is 5.10 Å². The Kier molecular flexibility index (Phi) is 3.05. The van der Waals surface area contributed by atoms with Gasteiger partial charge < -0.3 is 5.11 Å². The van der Waals surface area contributed by atoms with Crippen LogP contribution in [0.25, 0.3) is 16.9 Å². The Morgan fingerprint density at radius 3 is 2.55 bits per heavy atom. The van der Waals surface area contributed by atoms with Crippen LogP contribution in [0, 0.1) is 0 Å². The number of nitrogens with zero attached hydrogens (tertiary/aromatic N) is 2. The topological polar surface area (TPSA) is 55.1 Å². The number of carboxylic acid groups (broad SMARTS) is 1. The van der Waals surface area contributed by atoms with Gasteiger partial charge in [-0.1, -0.05) is 30.3 Å². The highest BCUT2D eigenvalue weighted by molar-refractivity contribution is 5.89. The Bertz CT molecular complexity index is 748. The molecule has 20 heavy (non-hydrogen) atoms. The molecule has 98 valence electrons. The van der Waals surface area contributed by atoms with E-state index in [0.29, 0.717) is 0 Å². The molecule has 2 aromatic carbocycles. The van der Waals surface area contributed by atoms with Gasteiger partial charge in [-0.3, -0.25) is 0 Å². The van der Waals surface area contributed by atoms with Crippen LogP contribution in [0.1, 0.15) is 10.4 Å². The lowest BCUT2D eigenvalue weighted by Gasteiger charge is -2.01. The molecule has 0 atom stereocenters. The van der Waals surface area contributed by atoms with E-state index in [1.165, 1.54) is 0 Å². The zero-order valence-corrected chi connectivity index (χ0v) is 10.6. The van der Waals surface area contributed by atoms with Crippen molar-refractivity contribution in [3.8, 4) is 16.9 Å². The molecule has 0 unspecified atom stereocenters. The minimum Gasteiger partial charge on any atom is -0.478 e. The molecular formula is C16H12N2O2. The number of hydrogen-bond donors (Lipinski definition) is 1. The summed E-state index contributed by atoms with van der Waals surface area (Å²) in [7, 11) is 0. The highest BCUT2D eigenvalue weighted by Gasteiger charge is 2.07. The molecule has 4 heteroatoms. The van der Waals surface area contributed by atoms with E-state index in [9.17, 15) is 4.79 Å². The molecule has 4 nitrogen and oxygen atoms in total. The second kappa shape index (κ2) is 5.01. The van der Waals surface area contributed by atoms with Crippen LogP contribution in [0.15, 0.2) is 66.9 Å². The highest BCUT2D eigenvalue weighted by Crippen LogP contribution is 2.19. The lowest BCUT2D eigenvalue weighted by atomic mass is 10.1.